The van der Waals surface area contributed by atoms with E-state index in [1.807, 2.05) is 42.5 Å². The van der Waals surface area contributed by atoms with Gasteiger partial charge in [0.2, 0.25) is 0 Å². The summed E-state index contributed by atoms with van der Waals surface area (Å²) in [6.45, 7) is 0.508. The number of rotatable bonds is 3. The first-order valence-electron chi connectivity index (χ1n) is 7.30. The van der Waals surface area contributed by atoms with E-state index >= 15 is 0 Å². The number of benzene rings is 2. The molecule has 0 bridgehead atoms. The molecule has 24 heavy (non-hydrogen) atoms. The Bertz CT molecular complexity index is 899. The smallest absolute Gasteiger partial charge is 0.258 e. The van der Waals surface area contributed by atoms with E-state index in [0.717, 1.165) is 20.8 Å². The largest absolute Gasteiger partial charge is 0.358 e. The average molecular weight is 400 g/mol. The van der Waals surface area contributed by atoms with Crippen molar-refractivity contribution >= 4 is 49.9 Å². The summed E-state index contributed by atoms with van der Waals surface area (Å²) >= 11 is 8.71. The van der Waals surface area contributed by atoms with Gasteiger partial charge in [-0.25, -0.2) is 0 Å². The van der Waals surface area contributed by atoms with Crippen molar-refractivity contribution in [3.05, 3.63) is 76.5 Å². The SMILES string of the molecule is O=C(NC(=S)NCc1cccnc1)c1cccc2c(Br)cccc12. The summed E-state index contributed by atoms with van der Waals surface area (Å²) < 4.78 is 0.951. The Labute approximate surface area is 153 Å². The van der Waals surface area contributed by atoms with Gasteiger partial charge < -0.3 is 5.32 Å². The van der Waals surface area contributed by atoms with E-state index < -0.39 is 0 Å². The summed E-state index contributed by atoms with van der Waals surface area (Å²) in [4.78, 5) is 16.6. The van der Waals surface area contributed by atoms with Crippen molar-refractivity contribution in [3.8, 4) is 0 Å². The lowest BCUT2D eigenvalue weighted by atomic mass is 10.0. The molecule has 2 aromatic carbocycles. The quantitative estimate of drug-likeness (QED) is 0.657. The van der Waals surface area contributed by atoms with Crippen LogP contribution in [0.25, 0.3) is 10.8 Å². The van der Waals surface area contributed by atoms with E-state index in [9.17, 15) is 4.79 Å². The molecule has 0 unspecified atom stereocenters. The second-order valence-corrected chi connectivity index (χ2v) is 6.40. The molecule has 3 rings (SSSR count). The number of thiocarbonyl (C=S) groups is 1. The van der Waals surface area contributed by atoms with Gasteiger partial charge in [-0.1, -0.05) is 46.3 Å². The molecule has 3 aromatic rings. The fourth-order valence-corrected chi connectivity index (χ4v) is 3.03. The van der Waals surface area contributed by atoms with Crippen molar-refractivity contribution in [2.45, 2.75) is 6.54 Å². The summed E-state index contributed by atoms with van der Waals surface area (Å²) in [7, 11) is 0. The Morgan fingerprint density at radius 2 is 1.88 bits per heavy atom. The van der Waals surface area contributed by atoms with E-state index in [-0.39, 0.29) is 11.0 Å². The number of nitrogens with one attached hydrogen (secondary N) is 2. The fraction of sp³-hybridized carbons (Fsp3) is 0.0556. The highest BCUT2D eigenvalue weighted by molar-refractivity contribution is 9.10. The topological polar surface area (TPSA) is 54.0 Å². The maximum absolute atomic E-state index is 12.5. The highest BCUT2D eigenvalue weighted by Crippen LogP contribution is 2.26. The van der Waals surface area contributed by atoms with Crippen LogP contribution in [-0.4, -0.2) is 16.0 Å². The highest BCUT2D eigenvalue weighted by Gasteiger charge is 2.12. The molecule has 0 atom stereocenters. The minimum atomic E-state index is -0.234. The van der Waals surface area contributed by atoms with Crippen LogP contribution in [0.15, 0.2) is 65.4 Å². The number of carbonyl (C=O) groups excluding carboxylic acids is 1. The number of halogens is 1. The molecule has 6 heteroatoms. The molecular weight excluding hydrogens is 386 g/mol. The van der Waals surface area contributed by atoms with Crippen molar-refractivity contribution in [2.75, 3.05) is 0 Å². The predicted octanol–water partition coefficient (Wildman–Crippen LogP) is 3.80. The van der Waals surface area contributed by atoms with Gasteiger partial charge in [0.1, 0.15) is 0 Å². The molecule has 120 valence electrons. The maximum Gasteiger partial charge on any atom is 0.258 e. The van der Waals surface area contributed by atoms with Crippen molar-refractivity contribution in [3.63, 3.8) is 0 Å². The van der Waals surface area contributed by atoms with Crippen molar-refractivity contribution in [1.82, 2.24) is 15.6 Å². The number of carbonyl (C=O) groups is 1. The Hall–Kier alpha value is -2.31. The van der Waals surface area contributed by atoms with Crippen LogP contribution in [0.3, 0.4) is 0 Å². The van der Waals surface area contributed by atoms with Crippen LogP contribution in [0.2, 0.25) is 0 Å². The fourth-order valence-electron chi connectivity index (χ4n) is 2.37. The third-order valence-electron chi connectivity index (χ3n) is 3.52. The van der Waals surface area contributed by atoms with Crippen molar-refractivity contribution < 1.29 is 4.79 Å². The highest BCUT2D eigenvalue weighted by atomic mass is 79.9. The predicted molar refractivity (Wildman–Crippen MR) is 103 cm³/mol. The molecule has 0 fully saturated rings. The second-order valence-electron chi connectivity index (χ2n) is 5.14. The van der Waals surface area contributed by atoms with Crippen molar-refractivity contribution in [2.24, 2.45) is 0 Å². The van der Waals surface area contributed by atoms with E-state index in [4.69, 9.17) is 12.2 Å². The van der Waals surface area contributed by atoms with Gasteiger partial charge in [0.15, 0.2) is 5.11 Å². The summed E-state index contributed by atoms with van der Waals surface area (Å²) in [5.41, 5.74) is 1.57. The van der Waals surface area contributed by atoms with Gasteiger partial charge in [-0.05, 0) is 46.8 Å². The number of amides is 1. The molecule has 4 nitrogen and oxygen atoms in total. The van der Waals surface area contributed by atoms with E-state index in [2.05, 4.69) is 31.5 Å². The Balaban J connectivity index is 1.71. The second kappa shape index (κ2) is 7.51. The first kappa shape index (κ1) is 16.5. The van der Waals surface area contributed by atoms with E-state index in [1.54, 1.807) is 18.5 Å². The van der Waals surface area contributed by atoms with Crippen LogP contribution in [0.5, 0.6) is 0 Å². The van der Waals surface area contributed by atoms with Crippen molar-refractivity contribution in [1.29, 1.82) is 0 Å². The Morgan fingerprint density at radius 3 is 2.67 bits per heavy atom. The van der Waals surface area contributed by atoms with Gasteiger partial charge in [0.05, 0.1) is 0 Å². The monoisotopic (exact) mass is 399 g/mol. The number of hydrogen-bond donors (Lipinski definition) is 2. The molecule has 1 aromatic heterocycles. The van der Waals surface area contributed by atoms with Gasteiger partial charge in [-0.2, -0.15) is 0 Å². The Kier molecular flexibility index (Phi) is 5.17. The number of aromatic nitrogens is 1. The van der Waals surface area contributed by atoms with Gasteiger partial charge in [0.25, 0.3) is 5.91 Å². The maximum atomic E-state index is 12.5. The zero-order chi connectivity index (χ0) is 16.9. The summed E-state index contributed by atoms with van der Waals surface area (Å²) in [5.74, 6) is -0.234. The van der Waals surface area contributed by atoms with Crippen LogP contribution in [-0.2, 0) is 6.54 Å². The van der Waals surface area contributed by atoms with Gasteiger partial charge in [0, 0.05) is 29.0 Å². The molecule has 1 heterocycles. The molecule has 0 saturated carbocycles. The molecule has 1 amide bonds. The Morgan fingerprint density at radius 1 is 1.08 bits per heavy atom. The van der Waals surface area contributed by atoms with Crippen LogP contribution in [0.1, 0.15) is 15.9 Å². The van der Waals surface area contributed by atoms with Gasteiger partial charge >= 0.3 is 0 Å². The third kappa shape index (κ3) is 3.77. The number of pyridine rings is 1. The molecule has 0 saturated heterocycles. The van der Waals surface area contributed by atoms with E-state index in [1.165, 1.54) is 0 Å². The zero-order valence-electron chi connectivity index (χ0n) is 12.6. The first-order chi connectivity index (χ1) is 11.6. The number of nitrogens with zero attached hydrogens (tertiary/aromatic N) is 1. The standard InChI is InChI=1S/C18H14BrN3OS/c19-16-8-2-5-13-14(16)6-1-7-15(13)17(23)22-18(24)21-11-12-4-3-9-20-10-12/h1-10H,11H2,(H2,21,22,23,24). The molecule has 0 aliphatic rings. The number of hydrogen-bond acceptors (Lipinski definition) is 3. The lowest BCUT2D eigenvalue weighted by molar-refractivity contribution is 0.0978. The lowest BCUT2D eigenvalue weighted by Gasteiger charge is -2.11. The molecule has 2 N–H and O–H groups in total. The molecule has 0 radical (unpaired) electrons. The lowest BCUT2D eigenvalue weighted by Crippen LogP contribution is -2.38. The zero-order valence-corrected chi connectivity index (χ0v) is 15.0. The number of fused-ring (bicyclic) bond motifs is 1. The summed E-state index contributed by atoms with van der Waals surface area (Å²) in [5, 5.41) is 7.88. The first-order valence-corrected chi connectivity index (χ1v) is 8.50. The average Bonchev–Trinajstić information content (AvgIpc) is 2.61. The normalized spacial score (nSPS) is 10.4. The molecule has 0 aliphatic heterocycles. The molecular formula is C18H14BrN3OS. The van der Waals surface area contributed by atoms with Crippen LogP contribution < -0.4 is 10.6 Å². The van der Waals surface area contributed by atoms with Crippen LogP contribution in [0.4, 0.5) is 0 Å². The van der Waals surface area contributed by atoms with Gasteiger partial charge in [-0.3, -0.25) is 15.1 Å². The minimum absolute atomic E-state index is 0.234. The third-order valence-corrected chi connectivity index (χ3v) is 4.45. The van der Waals surface area contributed by atoms with Crippen LogP contribution >= 0.6 is 28.1 Å². The summed E-state index contributed by atoms with van der Waals surface area (Å²) in [6.07, 6.45) is 3.46. The molecule has 0 spiro atoms. The summed E-state index contributed by atoms with van der Waals surface area (Å²) in [6, 6.07) is 15.2. The minimum Gasteiger partial charge on any atom is -0.358 e. The van der Waals surface area contributed by atoms with Crippen LogP contribution in [0, 0.1) is 0 Å². The van der Waals surface area contributed by atoms with Gasteiger partial charge in [-0.15, -0.1) is 0 Å². The van der Waals surface area contributed by atoms with E-state index in [0.29, 0.717) is 12.1 Å². The molecule has 0 aliphatic carbocycles.